The van der Waals surface area contributed by atoms with E-state index in [1.54, 1.807) is 0 Å². The van der Waals surface area contributed by atoms with E-state index in [1.165, 1.54) is 18.4 Å². The quantitative estimate of drug-likeness (QED) is 0.454. The van der Waals surface area contributed by atoms with E-state index in [0.29, 0.717) is 0 Å². The average molecular weight is 344 g/mol. The Balaban J connectivity index is 2.46. The largest absolute Gasteiger partial charge is 0.393 e. The molecule has 0 saturated heterocycles. The van der Waals surface area contributed by atoms with Gasteiger partial charge >= 0.3 is 9.28 Å². The van der Waals surface area contributed by atoms with Crippen LogP contribution in [0.2, 0.25) is 0 Å². The zero-order valence-electron chi connectivity index (χ0n) is 12.0. The van der Waals surface area contributed by atoms with Crippen LogP contribution in [0.3, 0.4) is 0 Å². The first kappa shape index (κ1) is 16.9. The van der Waals surface area contributed by atoms with Gasteiger partial charge in [0, 0.05) is 23.7 Å². The summed E-state index contributed by atoms with van der Waals surface area (Å²) in [5.74, 6) is 0. The molecular formula is C15H24BrO2Si. The highest BCUT2D eigenvalue weighted by molar-refractivity contribution is 9.10. The molecule has 1 aromatic carbocycles. The van der Waals surface area contributed by atoms with E-state index in [0.717, 1.165) is 36.6 Å². The summed E-state index contributed by atoms with van der Waals surface area (Å²) in [7, 11) is -1.18. The van der Waals surface area contributed by atoms with Gasteiger partial charge in [0.2, 0.25) is 0 Å². The van der Waals surface area contributed by atoms with Crippen molar-refractivity contribution in [2.24, 2.45) is 0 Å². The normalized spacial score (nSPS) is 11.2. The fraction of sp³-hybridized carbons (Fsp3) is 0.600. The van der Waals surface area contributed by atoms with Gasteiger partial charge in [-0.15, -0.1) is 0 Å². The third-order valence-corrected chi connectivity index (χ3v) is 5.00. The Kier molecular flexibility index (Phi) is 9.43. The first-order valence-electron chi connectivity index (χ1n) is 7.12. The molecule has 2 nitrogen and oxygen atoms in total. The van der Waals surface area contributed by atoms with E-state index in [9.17, 15) is 0 Å². The molecule has 0 aliphatic rings. The SMILES string of the molecule is CCCCO[Si](Cc1cccc(Br)c1)OCCCC. The summed E-state index contributed by atoms with van der Waals surface area (Å²) in [6.45, 7) is 6.01. The molecule has 0 spiro atoms. The Morgan fingerprint density at radius 3 is 2.21 bits per heavy atom. The fourth-order valence-electron chi connectivity index (χ4n) is 1.62. The molecule has 0 aliphatic carbocycles. The summed E-state index contributed by atoms with van der Waals surface area (Å²) >= 11 is 3.51. The maximum absolute atomic E-state index is 5.94. The van der Waals surface area contributed by atoms with Gasteiger partial charge in [-0.1, -0.05) is 54.8 Å². The molecule has 0 unspecified atom stereocenters. The Hall–Kier alpha value is -0.163. The predicted molar refractivity (Wildman–Crippen MR) is 85.3 cm³/mol. The molecule has 0 aromatic heterocycles. The Labute approximate surface area is 127 Å². The van der Waals surface area contributed by atoms with Crippen LogP contribution >= 0.6 is 15.9 Å². The van der Waals surface area contributed by atoms with Crippen molar-refractivity contribution in [3.63, 3.8) is 0 Å². The van der Waals surface area contributed by atoms with Crippen LogP contribution in [0.1, 0.15) is 45.1 Å². The highest BCUT2D eigenvalue weighted by atomic mass is 79.9. The first-order valence-corrected chi connectivity index (χ1v) is 9.43. The lowest BCUT2D eigenvalue weighted by atomic mass is 10.2. The molecule has 4 heteroatoms. The summed E-state index contributed by atoms with van der Waals surface area (Å²) in [6.07, 6.45) is 4.57. The number of halogens is 1. The molecule has 0 atom stereocenters. The third kappa shape index (κ3) is 7.87. The van der Waals surface area contributed by atoms with Crippen LogP contribution in [0.4, 0.5) is 0 Å². The van der Waals surface area contributed by atoms with Crippen molar-refractivity contribution in [1.82, 2.24) is 0 Å². The van der Waals surface area contributed by atoms with Crippen molar-refractivity contribution < 1.29 is 8.85 Å². The van der Waals surface area contributed by atoms with Gasteiger partial charge in [-0.2, -0.15) is 0 Å². The van der Waals surface area contributed by atoms with E-state index in [4.69, 9.17) is 8.85 Å². The van der Waals surface area contributed by atoms with Crippen LogP contribution in [-0.4, -0.2) is 22.5 Å². The van der Waals surface area contributed by atoms with Crippen molar-refractivity contribution >= 4 is 25.2 Å². The number of hydrogen-bond donors (Lipinski definition) is 0. The fourth-order valence-corrected chi connectivity index (χ4v) is 3.65. The highest BCUT2D eigenvalue weighted by Gasteiger charge is 2.16. The van der Waals surface area contributed by atoms with Gasteiger partial charge in [0.1, 0.15) is 0 Å². The Morgan fingerprint density at radius 1 is 1.05 bits per heavy atom. The summed E-state index contributed by atoms with van der Waals surface area (Å²) in [6, 6.07) is 9.32. The van der Waals surface area contributed by atoms with E-state index in [1.807, 2.05) is 6.07 Å². The minimum Gasteiger partial charge on any atom is -0.393 e. The van der Waals surface area contributed by atoms with Crippen molar-refractivity contribution in [2.75, 3.05) is 13.2 Å². The molecule has 107 valence electrons. The second-order valence-corrected chi connectivity index (χ2v) is 7.17. The standard InChI is InChI=1S/C15H24BrO2Si/c1-3-5-10-17-19(18-11-6-4-2)13-14-8-7-9-15(16)12-14/h7-9,12H,3-6,10-11,13H2,1-2H3. The Morgan fingerprint density at radius 2 is 1.68 bits per heavy atom. The summed E-state index contributed by atoms with van der Waals surface area (Å²) < 4.78 is 13.0. The molecule has 0 aliphatic heterocycles. The maximum Gasteiger partial charge on any atom is 0.389 e. The van der Waals surface area contributed by atoms with Gasteiger partial charge in [0.25, 0.3) is 0 Å². The van der Waals surface area contributed by atoms with Gasteiger partial charge in [0.05, 0.1) is 0 Å². The molecule has 1 aromatic rings. The lowest BCUT2D eigenvalue weighted by Crippen LogP contribution is -2.27. The molecule has 19 heavy (non-hydrogen) atoms. The number of unbranched alkanes of at least 4 members (excludes halogenated alkanes) is 2. The van der Waals surface area contributed by atoms with Crippen LogP contribution in [0.25, 0.3) is 0 Å². The average Bonchev–Trinajstić information content (AvgIpc) is 2.39. The van der Waals surface area contributed by atoms with Crippen LogP contribution in [-0.2, 0) is 14.9 Å². The van der Waals surface area contributed by atoms with E-state index < -0.39 is 9.28 Å². The second-order valence-electron chi connectivity index (χ2n) is 4.58. The van der Waals surface area contributed by atoms with Crippen molar-refractivity contribution in [1.29, 1.82) is 0 Å². The monoisotopic (exact) mass is 343 g/mol. The molecule has 0 heterocycles. The van der Waals surface area contributed by atoms with Crippen LogP contribution in [0, 0.1) is 0 Å². The van der Waals surface area contributed by atoms with Gasteiger partial charge in [-0.3, -0.25) is 0 Å². The molecule has 0 fully saturated rings. The number of hydrogen-bond acceptors (Lipinski definition) is 2. The topological polar surface area (TPSA) is 18.5 Å². The molecule has 0 bridgehead atoms. The second kappa shape index (κ2) is 10.6. The number of benzene rings is 1. The van der Waals surface area contributed by atoms with Crippen LogP contribution < -0.4 is 0 Å². The van der Waals surface area contributed by atoms with Gasteiger partial charge < -0.3 is 8.85 Å². The summed E-state index contributed by atoms with van der Waals surface area (Å²) in [5.41, 5.74) is 1.29. The van der Waals surface area contributed by atoms with Crippen LogP contribution in [0.15, 0.2) is 28.7 Å². The Bertz CT molecular complexity index is 337. The number of rotatable bonds is 10. The minimum absolute atomic E-state index is 0.824. The maximum atomic E-state index is 5.94. The smallest absolute Gasteiger partial charge is 0.389 e. The molecule has 0 amide bonds. The van der Waals surface area contributed by atoms with E-state index in [-0.39, 0.29) is 0 Å². The lowest BCUT2D eigenvalue weighted by Gasteiger charge is -2.15. The zero-order valence-corrected chi connectivity index (χ0v) is 14.5. The first-order chi connectivity index (χ1) is 9.26. The summed E-state index contributed by atoms with van der Waals surface area (Å²) in [5, 5.41) is 0. The third-order valence-electron chi connectivity index (χ3n) is 2.76. The highest BCUT2D eigenvalue weighted by Crippen LogP contribution is 2.14. The van der Waals surface area contributed by atoms with E-state index in [2.05, 4.69) is 48.0 Å². The molecule has 0 saturated carbocycles. The summed E-state index contributed by atoms with van der Waals surface area (Å²) in [4.78, 5) is 0. The van der Waals surface area contributed by atoms with Gasteiger partial charge in [-0.25, -0.2) is 0 Å². The predicted octanol–water partition coefficient (Wildman–Crippen LogP) is 4.65. The minimum atomic E-state index is -1.18. The van der Waals surface area contributed by atoms with E-state index >= 15 is 0 Å². The van der Waals surface area contributed by atoms with Crippen molar-refractivity contribution in [3.05, 3.63) is 34.3 Å². The van der Waals surface area contributed by atoms with Crippen molar-refractivity contribution in [2.45, 2.75) is 45.6 Å². The molecule has 0 N–H and O–H groups in total. The van der Waals surface area contributed by atoms with Gasteiger partial charge in [0.15, 0.2) is 0 Å². The lowest BCUT2D eigenvalue weighted by molar-refractivity contribution is 0.191. The van der Waals surface area contributed by atoms with Gasteiger partial charge in [-0.05, 0) is 30.5 Å². The zero-order chi connectivity index (χ0) is 13.9. The molecular weight excluding hydrogens is 320 g/mol. The van der Waals surface area contributed by atoms with Crippen LogP contribution in [0.5, 0.6) is 0 Å². The molecule has 1 rings (SSSR count). The molecule has 1 radical (unpaired) electrons. The van der Waals surface area contributed by atoms with Crippen molar-refractivity contribution in [3.8, 4) is 0 Å².